The number of fused-ring (bicyclic) bond motifs is 17. The van der Waals surface area contributed by atoms with Crippen LogP contribution in [0.25, 0.3) is 75.8 Å². The Hall–Kier alpha value is -8.27. The summed E-state index contributed by atoms with van der Waals surface area (Å²) in [5.41, 5.74) is 4.31. The van der Waals surface area contributed by atoms with Crippen molar-refractivity contribution in [3.05, 3.63) is 154 Å². The number of nitrogens with zero attached hydrogens (tertiary/aromatic N) is 3. The molecule has 17 nitrogen and oxygen atoms in total. The number of pyridine rings is 3. The monoisotopic (exact) mass is 1180 g/mol. The maximum Gasteiger partial charge on any atom is 0.343 e. The first kappa shape index (κ1) is 49.6. The minimum Gasteiger partial charge on any atom is -0.759 e. The molecule has 0 unspecified atom stereocenters. The molecule has 0 aliphatic carbocycles. The first-order chi connectivity index (χ1) is 37.1. The lowest BCUT2D eigenvalue weighted by atomic mass is 10.00. The van der Waals surface area contributed by atoms with Gasteiger partial charge in [-0.3, -0.25) is 8.42 Å². The number of halogens is 2. The maximum atomic E-state index is 12.3. The van der Waals surface area contributed by atoms with Crippen LogP contribution in [0.4, 0.5) is 0 Å². The summed E-state index contributed by atoms with van der Waals surface area (Å²) < 4.78 is 90.1. The normalized spacial score (nSPS) is 13.4. The third-order valence-electron chi connectivity index (χ3n) is 13.2. The first-order valence-corrected chi connectivity index (χ1v) is 26.5. The molecule has 4 aliphatic heterocycles. The summed E-state index contributed by atoms with van der Waals surface area (Å²) in [7, 11) is -1.05. The van der Waals surface area contributed by atoms with Gasteiger partial charge in [0.05, 0.1) is 42.4 Å². The van der Waals surface area contributed by atoms with Gasteiger partial charge in [-0.1, -0.05) is 46.3 Å². The zero-order chi connectivity index (χ0) is 53.3. The van der Waals surface area contributed by atoms with E-state index in [1.54, 1.807) is 24.3 Å². The fraction of sp³-hybridized carbons (Fsp3) is 0.123. The van der Waals surface area contributed by atoms with Crippen LogP contribution in [-0.4, -0.2) is 55.6 Å². The number of carbonyl (C=O) groups excluding carboxylic acids is 1. The van der Waals surface area contributed by atoms with Gasteiger partial charge in [-0.2, -0.15) is 9.13 Å². The second kappa shape index (κ2) is 19.7. The number of hydrogen-bond donors (Lipinski definition) is 0. The van der Waals surface area contributed by atoms with Crippen LogP contribution in [0.3, 0.4) is 0 Å². The lowest BCUT2D eigenvalue weighted by Crippen LogP contribution is -2.28. The van der Waals surface area contributed by atoms with Gasteiger partial charge in [-0.25, -0.2) is 9.78 Å². The van der Waals surface area contributed by atoms with Gasteiger partial charge in [-0.05, 0) is 125 Å². The van der Waals surface area contributed by atoms with Crippen LogP contribution in [0.15, 0.2) is 143 Å². The van der Waals surface area contributed by atoms with Crippen molar-refractivity contribution >= 4 is 124 Å². The van der Waals surface area contributed by atoms with Crippen LogP contribution < -0.4 is 51.8 Å². The van der Waals surface area contributed by atoms with Crippen LogP contribution in [-0.2, 0) is 24.5 Å². The smallest absolute Gasteiger partial charge is 0.343 e. The topological polar surface area (TPSA) is 201 Å². The van der Waals surface area contributed by atoms with E-state index in [1.807, 2.05) is 55.5 Å². The third-order valence-corrected chi connectivity index (χ3v) is 14.5. The molecule has 8 aromatic carbocycles. The van der Waals surface area contributed by atoms with Crippen LogP contribution >= 0.6 is 31.9 Å². The first-order valence-electron chi connectivity index (χ1n) is 23.6. The fourth-order valence-electron chi connectivity index (χ4n) is 9.93. The van der Waals surface area contributed by atoms with E-state index < -0.39 is 16.4 Å². The van der Waals surface area contributed by atoms with E-state index in [0.717, 1.165) is 116 Å². The van der Waals surface area contributed by atoms with Crippen molar-refractivity contribution in [1.29, 1.82) is 0 Å². The highest BCUT2D eigenvalue weighted by atomic mass is 79.9. The Labute approximate surface area is 454 Å². The highest BCUT2D eigenvalue weighted by Crippen LogP contribution is 2.45. The zero-order valence-electron chi connectivity index (χ0n) is 40.8. The predicted molar refractivity (Wildman–Crippen MR) is 289 cm³/mol. The molecule has 0 bridgehead atoms. The molecular weight excluding hydrogens is 1140 g/mol. The number of esters is 1. The van der Waals surface area contributed by atoms with E-state index in [0.29, 0.717) is 21.3 Å². The van der Waals surface area contributed by atoms with Gasteiger partial charge in [0.1, 0.15) is 19.6 Å². The van der Waals surface area contributed by atoms with Gasteiger partial charge in [-0.15, -0.1) is 0 Å². The summed E-state index contributed by atoms with van der Waals surface area (Å²) in [5.74, 6) is 6.46. The van der Waals surface area contributed by atoms with Gasteiger partial charge < -0.3 is 51.7 Å². The van der Waals surface area contributed by atoms with Crippen molar-refractivity contribution in [3.63, 3.8) is 0 Å². The third kappa shape index (κ3) is 9.37. The van der Waals surface area contributed by atoms with Crippen molar-refractivity contribution in [2.24, 2.45) is 14.1 Å². The van der Waals surface area contributed by atoms with E-state index in [4.69, 9.17) is 60.2 Å². The molecule has 0 amide bonds. The molecular formula is C57H39Br2N3O14S. The SMILES string of the molecule is C[n+]1cc2c3c(ccc2c2ccc4cc5c(cc4c21)OCO5)OCO3.C[n+]1cc2c3c(ccc2c2ccc4cc5c(cc4c21)OCO5)OCO3.Cc1ccc2c(Br)cc(Br)c(OC(=O)c3ccccc3)c2n1.O=S(=O)([O-])[O-]. The van der Waals surface area contributed by atoms with Gasteiger partial charge >= 0.3 is 5.97 Å². The van der Waals surface area contributed by atoms with E-state index >= 15 is 0 Å². The molecule has 3 aromatic heterocycles. The Morgan fingerprint density at radius 3 is 1.47 bits per heavy atom. The van der Waals surface area contributed by atoms with Crippen molar-refractivity contribution in [2.75, 3.05) is 27.2 Å². The Kier molecular flexibility index (Phi) is 12.7. The van der Waals surface area contributed by atoms with Gasteiger partial charge in [0.25, 0.3) is 0 Å². The van der Waals surface area contributed by atoms with Crippen molar-refractivity contribution in [2.45, 2.75) is 6.92 Å². The summed E-state index contributed by atoms with van der Waals surface area (Å²) in [5, 5.41) is 12.2. The van der Waals surface area contributed by atoms with Crippen molar-refractivity contribution < 1.29 is 74.1 Å². The molecule has 4 aliphatic rings. The molecule has 11 aromatic rings. The molecule has 0 N–H and O–H groups in total. The Morgan fingerprint density at radius 2 is 0.961 bits per heavy atom. The predicted octanol–water partition coefficient (Wildman–Crippen LogP) is 10.8. The quantitative estimate of drug-likeness (QED) is 0.0395. The zero-order valence-corrected chi connectivity index (χ0v) is 44.7. The van der Waals surface area contributed by atoms with Crippen molar-refractivity contribution in [3.8, 4) is 51.7 Å². The standard InChI is InChI=1S/2C20H14NO4.C17H11Br2NO2.H2O4S/c2*1-21-8-15-12(4-5-16-20(15)25-10-22-16)13-3-2-11-6-17-18(24-9-23-17)7-14(11)19(13)21;1-10-7-8-12-13(18)9-14(19)16(15(12)20-10)22-17(21)11-5-3-2-4-6-11;1-5(2,3)4/h2*2-8H,9-10H2,1H3;2-9H,1H3;(H2,1,2,3,4)/q2*+1;;/p-2. The summed E-state index contributed by atoms with van der Waals surface area (Å²) in [6.45, 7) is 3.01. The molecule has 0 atom stereocenters. The Bertz CT molecular complexity index is 4210. The van der Waals surface area contributed by atoms with Crippen LogP contribution in [0.2, 0.25) is 0 Å². The van der Waals surface area contributed by atoms with E-state index in [2.05, 4.69) is 121 Å². The molecule has 386 valence electrons. The average molecular weight is 1180 g/mol. The largest absolute Gasteiger partial charge is 0.759 e. The summed E-state index contributed by atoms with van der Waals surface area (Å²) in [6, 6.07) is 39.6. The Balaban J connectivity index is 0.000000111. The number of aryl methyl sites for hydroxylation is 3. The average Bonchev–Trinajstić information content (AvgIpc) is 4.35. The number of benzene rings is 8. The van der Waals surface area contributed by atoms with Crippen LogP contribution in [0.1, 0.15) is 16.1 Å². The maximum absolute atomic E-state index is 12.3. The highest BCUT2D eigenvalue weighted by molar-refractivity contribution is 9.11. The molecule has 77 heavy (non-hydrogen) atoms. The van der Waals surface area contributed by atoms with Gasteiger partial charge in [0.2, 0.25) is 38.2 Å². The minimum atomic E-state index is -5.17. The van der Waals surface area contributed by atoms with E-state index in [9.17, 15) is 4.79 Å². The van der Waals surface area contributed by atoms with Crippen LogP contribution in [0.5, 0.6) is 51.7 Å². The van der Waals surface area contributed by atoms with Crippen LogP contribution in [0, 0.1) is 6.92 Å². The molecule has 0 fully saturated rings. The molecule has 0 radical (unpaired) electrons. The summed E-state index contributed by atoms with van der Waals surface area (Å²) in [6.07, 6.45) is 4.21. The summed E-state index contributed by atoms with van der Waals surface area (Å²) >= 11 is 6.95. The molecule has 0 spiro atoms. The second-order valence-corrected chi connectivity index (χ2v) is 20.5. The number of ether oxygens (including phenoxy) is 9. The number of carbonyl (C=O) groups is 1. The molecule has 7 heterocycles. The summed E-state index contributed by atoms with van der Waals surface area (Å²) in [4.78, 5) is 16.8. The lowest BCUT2D eigenvalue weighted by molar-refractivity contribution is -0.642. The van der Waals surface area contributed by atoms with Gasteiger partial charge in [0.15, 0.2) is 64.1 Å². The lowest BCUT2D eigenvalue weighted by Gasteiger charge is -2.11. The van der Waals surface area contributed by atoms with E-state index in [-0.39, 0.29) is 27.2 Å². The molecule has 0 saturated heterocycles. The molecule has 0 saturated carbocycles. The number of hydrogen-bond acceptors (Lipinski definition) is 15. The second-order valence-electron chi connectivity index (χ2n) is 18.0. The minimum absolute atomic E-state index is 0.275. The van der Waals surface area contributed by atoms with Gasteiger partial charge in [0, 0.05) is 36.7 Å². The Morgan fingerprint density at radius 1 is 0.519 bits per heavy atom. The molecule has 20 heteroatoms. The number of aromatic nitrogens is 3. The fourth-order valence-corrected chi connectivity index (χ4v) is 11.3. The van der Waals surface area contributed by atoms with E-state index in [1.165, 1.54) is 10.8 Å². The number of rotatable bonds is 2. The highest BCUT2D eigenvalue weighted by Gasteiger charge is 2.27. The van der Waals surface area contributed by atoms with Crippen molar-refractivity contribution in [1.82, 2.24) is 4.98 Å². The molecule has 15 rings (SSSR count).